The molecule has 0 aliphatic carbocycles. The molecule has 4 nitrogen and oxygen atoms in total. The van der Waals surface area contributed by atoms with Crippen LogP contribution in [0.25, 0.3) is 0 Å². The van der Waals surface area contributed by atoms with E-state index in [4.69, 9.17) is 5.26 Å². The molecule has 0 radical (unpaired) electrons. The summed E-state index contributed by atoms with van der Waals surface area (Å²) in [5.41, 5.74) is 2.58. The molecule has 1 unspecified atom stereocenters. The van der Waals surface area contributed by atoms with E-state index in [2.05, 4.69) is 5.43 Å². The Kier molecular flexibility index (Phi) is 4.66. The fourth-order valence-electron chi connectivity index (χ4n) is 2.60. The zero-order chi connectivity index (χ0) is 17.3. The van der Waals surface area contributed by atoms with Gasteiger partial charge in [-0.3, -0.25) is 10.2 Å². The lowest BCUT2D eigenvalue weighted by Gasteiger charge is -2.29. The Balaban J connectivity index is 2.12. The van der Waals surface area contributed by atoms with Crippen molar-refractivity contribution in [2.45, 2.75) is 38.9 Å². The number of nitriles is 1. The van der Waals surface area contributed by atoms with Crippen molar-refractivity contribution in [3.05, 3.63) is 35.4 Å². The monoisotopic (exact) mass is 325 g/mol. The fraction of sp³-hybridized carbons (Fsp3) is 0.500. The Morgan fingerprint density at radius 2 is 2.13 bits per heavy atom. The number of benzene rings is 1. The van der Waals surface area contributed by atoms with Crippen LogP contribution in [0.4, 0.5) is 13.2 Å². The Morgan fingerprint density at radius 1 is 1.43 bits per heavy atom. The lowest BCUT2D eigenvalue weighted by atomic mass is 9.94. The Hall–Kier alpha value is -2.07. The summed E-state index contributed by atoms with van der Waals surface area (Å²) in [6.07, 6.45) is -4.46. The highest BCUT2D eigenvalue weighted by atomic mass is 19.4. The summed E-state index contributed by atoms with van der Waals surface area (Å²) in [4.78, 5) is 11.7. The molecule has 0 aromatic heterocycles. The zero-order valence-electron chi connectivity index (χ0n) is 12.9. The average Bonchev–Trinajstić information content (AvgIpc) is 2.71. The van der Waals surface area contributed by atoms with Crippen molar-refractivity contribution in [2.24, 2.45) is 5.41 Å². The van der Waals surface area contributed by atoms with Crippen molar-refractivity contribution < 1.29 is 18.0 Å². The van der Waals surface area contributed by atoms with Crippen LogP contribution >= 0.6 is 0 Å². The SMILES string of the molecule is CC1(C)CN(C(CCc2cccc(C#N)c2)C(F)(F)F)NC1=O. The van der Waals surface area contributed by atoms with Gasteiger partial charge >= 0.3 is 6.18 Å². The molecule has 1 heterocycles. The highest BCUT2D eigenvalue weighted by Gasteiger charge is 2.49. The van der Waals surface area contributed by atoms with Gasteiger partial charge in [-0.2, -0.15) is 18.4 Å². The summed E-state index contributed by atoms with van der Waals surface area (Å²) >= 11 is 0. The Labute approximate surface area is 132 Å². The van der Waals surface area contributed by atoms with Crippen molar-refractivity contribution in [3.8, 4) is 6.07 Å². The third kappa shape index (κ3) is 4.02. The van der Waals surface area contributed by atoms with Gasteiger partial charge < -0.3 is 0 Å². The van der Waals surface area contributed by atoms with Gasteiger partial charge in [-0.1, -0.05) is 12.1 Å². The second kappa shape index (κ2) is 6.20. The van der Waals surface area contributed by atoms with Gasteiger partial charge in [0.05, 0.1) is 17.0 Å². The minimum absolute atomic E-state index is 0.00818. The molecular formula is C16H18F3N3O. The minimum atomic E-state index is -4.44. The van der Waals surface area contributed by atoms with Gasteiger partial charge in [-0.25, -0.2) is 5.01 Å². The van der Waals surface area contributed by atoms with Crippen LogP contribution in [-0.4, -0.2) is 29.7 Å². The molecule has 2 rings (SSSR count). The van der Waals surface area contributed by atoms with E-state index >= 15 is 0 Å². The first-order valence-electron chi connectivity index (χ1n) is 7.27. The van der Waals surface area contributed by atoms with Gasteiger partial charge in [0.15, 0.2) is 0 Å². The number of aryl methyl sites for hydroxylation is 1. The minimum Gasteiger partial charge on any atom is -0.288 e. The molecule has 1 fully saturated rings. The molecule has 23 heavy (non-hydrogen) atoms. The number of nitrogens with zero attached hydrogens (tertiary/aromatic N) is 2. The molecule has 1 amide bonds. The molecule has 1 aliphatic rings. The van der Waals surface area contributed by atoms with E-state index < -0.39 is 23.5 Å². The summed E-state index contributed by atoms with van der Waals surface area (Å²) in [6, 6.07) is 6.75. The van der Waals surface area contributed by atoms with Gasteiger partial charge in [-0.15, -0.1) is 0 Å². The lowest BCUT2D eigenvalue weighted by molar-refractivity contribution is -0.190. The summed E-state index contributed by atoms with van der Waals surface area (Å²) in [7, 11) is 0. The first-order chi connectivity index (χ1) is 10.6. The Morgan fingerprint density at radius 3 is 2.65 bits per heavy atom. The second-order valence-corrected chi connectivity index (χ2v) is 6.36. The summed E-state index contributed by atoms with van der Waals surface area (Å²) in [6.45, 7) is 3.24. The molecule has 1 aliphatic heterocycles. The van der Waals surface area contributed by atoms with E-state index in [-0.39, 0.29) is 19.4 Å². The van der Waals surface area contributed by atoms with E-state index in [1.807, 2.05) is 6.07 Å². The summed E-state index contributed by atoms with van der Waals surface area (Å²) in [5.74, 6) is -0.404. The predicted molar refractivity (Wildman–Crippen MR) is 78.0 cm³/mol. The molecule has 1 N–H and O–H groups in total. The van der Waals surface area contributed by atoms with Crippen LogP contribution in [0.15, 0.2) is 24.3 Å². The number of carbonyl (C=O) groups is 1. The number of carbonyl (C=O) groups excluding carboxylic acids is 1. The van der Waals surface area contributed by atoms with E-state index in [9.17, 15) is 18.0 Å². The summed E-state index contributed by atoms with van der Waals surface area (Å²) in [5, 5.41) is 9.83. The van der Waals surface area contributed by atoms with Crippen LogP contribution in [0.3, 0.4) is 0 Å². The van der Waals surface area contributed by atoms with E-state index in [1.165, 1.54) is 0 Å². The van der Waals surface area contributed by atoms with Crippen LogP contribution in [0.5, 0.6) is 0 Å². The maximum Gasteiger partial charge on any atom is 0.405 e. The van der Waals surface area contributed by atoms with E-state index in [1.54, 1.807) is 38.1 Å². The number of hydrogen-bond donors (Lipinski definition) is 1. The molecular weight excluding hydrogens is 307 g/mol. The largest absolute Gasteiger partial charge is 0.405 e. The smallest absolute Gasteiger partial charge is 0.288 e. The standard InChI is InChI=1S/C16H18F3N3O/c1-15(2)10-22(21-14(15)23)13(16(17,18)19)7-6-11-4-3-5-12(8-11)9-20/h3-5,8,13H,6-7,10H2,1-2H3,(H,21,23). The second-order valence-electron chi connectivity index (χ2n) is 6.36. The quantitative estimate of drug-likeness (QED) is 0.926. The number of rotatable bonds is 4. The van der Waals surface area contributed by atoms with Gasteiger partial charge in [0.25, 0.3) is 0 Å². The van der Waals surface area contributed by atoms with Crippen LogP contribution in [0, 0.1) is 16.7 Å². The maximum absolute atomic E-state index is 13.4. The number of halogens is 3. The van der Waals surface area contributed by atoms with Crippen LogP contribution in [-0.2, 0) is 11.2 Å². The number of nitrogens with one attached hydrogen (secondary N) is 1. The van der Waals surface area contributed by atoms with Crippen molar-refractivity contribution in [2.75, 3.05) is 6.54 Å². The van der Waals surface area contributed by atoms with Crippen LogP contribution in [0.1, 0.15) is 31.4 Å². The van der Waals surface area contributed by atoms with E-state index in [0.717, 1.165) is 5.01 Å². The molecule has 1 aromatic rings. The third-order valence-electron chi connectivity index (χ3n) is 3.94. The van der Waals surface area contributed by atoms with Gasteiger partial charge in [-0.05, 0) is 44.4 Å². The first kappa shape index (κ1) is 17.3. The van der Waals surface area contributed by atoms with Crippen molar-refractivity contribution in [1.29, 1.82) is 5.26 Å². The van der Waals surface area contributed by atoms with Crippen molar-refractivity contribution in [1.82, 2.24) is 10.4 Å². The zero-order valence-corrected chi connectivity index (χ0v) is 12.9. The first-order valence-corrected chi connectivity index (χ1v) is 7.27. The third-order valence-corrected chi connectivity index (χ3v) is 3.94. The fourth-order valence-corrected chi connectivity index (χ4v) is 2.60. The predicted octanol–water partition coefficient (Wildman–Crippen LogP) is 2.79. The van der Waals surface area contributed by atoms with Gasteiger partial charge in [0.2, 0.25) is 5.91 Å². The highest BCUT2D eigenvalue weighted by Crippen LogP contribution is 2.33. The molecule has 7 heteroatoms. The van der Waals surface area contributed by atoms with Crippen LogP contribution < -0.4 is 5.43 Å². The van der Waals surface area contributed by atoms with Crippen molar-refractivity contribution >= 4 is 5.91 Å². The number of hydrogen-bond acceptors (Lipinski definition) is 3. The number of amides is 1. The summed E-state index contributed by atoms with van der Waals surface area (Å²) < 4.78 is 40.1. The molecule has 0 spiro atoms. The topological polar surface area (TPSA) is 56.1 Å². The van der Waals surface area contributed by atoms with Gasteiger partial charge in [0.1, 0.15) is 6.04 Å². The molecule has 1 saturated heterocycles. The number of alkyl halides is 3. The van der Waals surface area contributed by atoms with Crippen LogP contribution in [0.2, 0.25) is 0 Å². The highest BCUT2D eigenvalue weighted by molar-refractivity contribution is 5.83. The lowest BCUT2D eigenvalue weighted by Crippen LogP contribution is -2.50. The molecule has 0 saturated carbocycles. The average molecular weight is 325 g/mol. The molecule has 1 atom stereocenters. The molecule has 124 valence electrons. The normalized spacial score (nSPS) is 19.2. The molecule has 0 bridgehead atoms. The maximum atomic E-state index is 13.4. The van der Waals surface area contributed by atoms with Gasteiger partial charge in [0, 0.05) is 6.54 Å². The Bertz CT molecular complexity index is 634. The van der Waals surface area contributed by atoms with Crippen molar-refractivity contribution in [3.63, 3.8) is 0 Å². The number of hydrazine groups is 1. The molecule has 1 aromatic carbocycles. The van der Waals surface area contributed by atoms with E-state index in [0.29, 0.717) is 11.1 Å².